The number of carbonyl (C=O) groups excluding carboxylic acids is 2. The fraction of sp³-hybridized carbons (Fsp3) is 0.200. The monoisotopic (exact) mass is 399 g/mol. The summed E-state index contributed by atoms with van der Waals surface area (Å²) in [4.78, 5) is 28.1. The van der Waals surface area contributed by atoms with Gasteiger partial charge in [-0.05, 0) is 45.0 Å². The predicted molar refractivity (Wildman–Crippen MR) is 103 cm³/mol. The third kappa shape index (κ3) is 4.29. The van der Waals surface area contributed by atoms with Crippen LogP contribution in [0.1, 0.15) is 41.6 Å². The van der Waals surface area contributed by atoms with Gasteiger partial charge in [0.1, 0.15) is 28.8 Å². The van der Waals surface area contributed by atoms with E-state index in [0.717, 1.165) is 12.1 Å². The minimum Gasteiger partial charge on any atom is -0.364 e. The van der Waals surface area contributed by atoms with Crippen LogP contribution in [0.4, 0.5) is 14.6 Å². The molecule has 1 aromatic carbocycles. The van der Waals surface area contributed by atoms with Gasteiger partial charge >= 0.3 is 0 Å². The zero-order valence-electron chi connectivity index (χ0n) is 16.0. The van der Waals surface area contributed by atoms with Crippen LogP contribution in [-0.4, -0.2) is 26.6 Å². The fourth-order valence-electron chi connectivity index (χ4n) is 2.59. The summed E-state index contributed by atoms with van der Waals surface area (Å²) in [6.07, 6.45) is 1.48. The minimum absolute atomic E-state index is 0.0154. The summed E-state index contributed by atoms with van der Waals surface area (Å²) in [7, 11) is 0. The molecule has 0 bridgehead atoms. The van der Waals surface area contributed by atoms with Crippen molar-refractivity contribution in [3.8, 4) is 11.3 Å². The van der Waals surface area contributed by atoms with Crippen LogP contribution in [0.15, 0.2) is 42.6 Å². The molecule has 7 nitrogen and oxygen atoms in total. The second kappa shape index (κ2) is 7.42. The first-order valence-corrected chi connectivity index (χ1v) is 8.70. The van der Waals surface area contributed by atoms with E-state index < -0.39 is 29.0 Å². The number of benzene rings is 1. The van der Waals surface area contributed by atoms with Crippen molar-refractivity contribution < 1.29 is 18.4 Å². The molecule has 0 fully saturated rings. The summed E-state index contributed by atoms with van der Waals surface area (Å²) in [5.74, 6) is -2.84. The summed E-state index contributed by atoms with van der Waals surface area (Å²) in [5.41, 5.74) is 4.80. The SMILES string of the molecule is CC(C)(C)n1cc(C(=O)Nc2cccc(C(N)=O)n2)c(-c2ccc(F)cc2F)n1. The third-order valence-corrected chi connectivity index (χ3v) is 4.08. The van der Waals surface area contributed by atoms with Crippen molar-refractivity contribution in [2.75, 3.05) is 5.32 Å². The minimum atomic E-state index is -0.841. The number of nitrogens with one attached hydrogen (secondary N) is 1. The highest BCUT2D eigenvalue weighted by Gasteiger charge is 2.25. The van der Waals surface area contributed by atoms with Gasteiger partial charge in [0, 0.05) is 17.8 Å². The Kier molecular flexibility index (Phi) is 5.15. The molecular weight excluding hydrogens is 380 g/mol. The zero-order chi connectivity index (χ0) is 21.3. The molecule has 0 aliphatic heterocycles. The number of nitrogens with zero attached hydrogens (tertiary/aromatic N) is 3. The Morgan fingerprint density at radius 1 is 1.14 bits per heavy atom. The summed E-state index contributed by atoms with van der Waals surface area (Å²) in [5, 5.41) is 6.90. The Labute approximate surface area is 165 Å². The lowest BCUT2D eigenvalue weighted by atomic mass is 10.1. The molecule has 150 valence electrons. The van der Waals surface area contributed by atoms with E-state index in [1.807, 2.05) is 20.8 Å². The molecular formula is C20H19F2N5O2. The second-order valence-corrected chi connectivity index (χ2v) is 7.36. The number of pyridine rings is 1. The maximum Gasteiger partial charge on any atom is 0.267 e. The highest BCUT2D eigenvalue weighted by atomic mass is 19.1. The first-order chi connectivity index (χ1) is 13.6. The summed E-state index contributed by atoms with van der Waals surface area (Å²) < 4.78 is 29.2. The van der Waals surface area contributed by atoms with Crippen LogP contribution in [0.5, 0.6) is 0 Å². The average Bonchev–Trinajstić information content (AvgIpc) is 3.07. The Hall–Kier alpha value is -3.62. The van der Waals surface area contributed by atoms with Crippen molar-refractivity contribution in [2.24, 2.45) is 5.73 Å². The number of carbonyl (C=O) groups is 2. The van der Waals surface area contributed by atoms with E-state index in [4.69, 9.17) is 5.73 Å². The molecule has 0 radical (unpaired) electrons. The standard InChI is InChI=1S/C20H19F2N5O2/c1-20(2,3)27-10-13(17(26-27)12-8-7-11(21)9-14(12)22)19(29)25-16-6-4-5-15(24-16)18(23)28/h4-10H,1-3H3,(H2,23,28)(H,24,25,29). The largest absolute Gasteiger partial charge is 0.364 e. The molecule has 9 heteroatoms. The molecule has 2 aromatic heterocycles. The Balaban J connectivity index is 2.05. The van der Waals surface area contributed by atoms with Crippen LogP contribution in [-0.2, 0) is 5.54 Å². The molecule has 3 aromatic rings. The predicted octanol–water partition coefficient (Wildman–Crippen LogP) is 3.33. The van der Waals surface area contributed by atoms with Crippen molar-refractivity contribution in [1.82, 2.24) is 14.8 Å². The summed E-state index contributed by atoms with van der Waals surface area (Å²) in [6.45, 7) is 5.60. The molecule has 3 rings (SSSR count). The van der Waals surface area contributed by atoms with Gasteiger partial charge in [-0.1, -0.05) is 6.07 Å². The van der Waals surface area contributed by atoms with E-state index in [-0.39, 0.29) is 28.3 Å². The van der Waals surface area contributed by atoms with Crippen LogP contribution in [0.25, 0.3) is 11.3 Å². The van der Waals surface area contributed by atoms with E-state index >= 15 is 0 Å². The Morgan fingerprint density at radius 3 is 2.48 bits per heavy atom. The molecule has 2 heterocycles. The Morgan fingerprint density at radius 2 is 1.86 bits per heavy atom. The van der Waals surface area contributed by atoms with Crippen molar-refractivity contribution >= 4 is 17.6 Å². The van der Waals surface area contributed by atoms with Crippen LogP contribution in [0.3, 0.4) is 0 Å². The van der Waals surface area contributed by atoms with Gasteiger partial charge in [0.15, 0.2) is 0 Å². The van der Waals surface area contributed by atoms with Crippen LogP contribution in [0, 0.1) is 11.6 Å². The zero-order valence-corrected chi connectivity index (χ0v) is 16.0. The van der Waals surface area contributed by atoms with E-state index in [1.54, 1.807) is 0 Å². The average molecular weight is 399 g/mol. The summed E-state index contributed by atoms with van der Waals surface area (Å²) >= 11 is 0. The van der Waals surface area contributed by atoms with Gasteiger partial charge in [-0.2, -0.15) is 5.10 Å². The molecule has 2 amide bonds. The molecule has 29 heavy (non-hydrogen) atoms. The maximum absolute atomic E-state index is 14.4. The third-order valence-electron chi connectivity index (χ3n) is 4.08. The number of hydrogen-bond acceptors (Lipinski definition) is 4. The van der Waals surface area contributed by atoms with E-state index in [2.05, 4.69) is 15.4 Å². The summed E-state index contributed by atoms with van der Waals surface area (Å²) in [6, 6.07) is 7.45. The van der Waals surface area contributed by atoms with Gasteiger partial charge in [0.05, 0.1) is 11.1 Å². The van der Waals surface area contributed by atoms with Crippen LogP contribution >= 0.6 is 0 Å². The van der Waals surface area contributed by atoms with Crippen LogP contribution in [0.2, 0.25) is 0 Å². The van der Waals surface area contributed by atoms with Gasteiger partial charge in [0.2, 0.25) is 0 Å². The van der Waals surface area contributed by atoms with Gasteiger partial charge in [-0.25, -0.2) is 13.8 Å². The number of hydrogen-bond donors (Lipinski definition) is 2. The van der Waals surface area contributed by atoms with Gasteiger partial charge in [-0.15, -0.1) is 0 Å². The topological polar surface area (TPSA) is 103 Å². The number of rotatable bonds is 4. The first-order valence-electron chi connectivity index (χ1n) is 8.70. The van der Waals surface area contributed by atoms with Crippen molar-refractivity contribution in [3.05, 3.63) is 65.5 Å². The number of amides is 2. The smallest absolute Gasteiger partial charge is 0.267 e. The van der Waals surface area contributed by atoms with Gasteiger partial charge in [-0.3, -0.25) is 14.3 Å². The fourth-order valence-corrected chi connectivity index (χ4v) is 2.59. The molecule has 0 unspecified atom stereocenters. The quantitative estimate of drug-likeness (QED) is 0.702. The lowest BCUT2D eigenvalue weighted by molar-refractivity contribution is 0.0991. The van der Waals surface area contributed by atoms with Gasteiger partial charge in [0.25, 0.3) is 11.8 Å². The number of anilines is 1. The number of nitrogens with two attached hydrogens (primary N) is 1. The Bertz CT molecular complexity index is 1100. The van der Waals surface area contributed by atoms with E-state index in [1.165, 1.54) is 35.1 Å². The molecule has 0 aliphatic carbocycles. The maximum atomic E-state index is 14.4. The van der Waals surface area contributed by atoms with Crippen molar-refractivity contribution in [2.45, 2.75) is 26.3 Å². The van der Waals surface area contributed by atoms with Gasteiger partial charge < -0.3 is 11.1 Å². The normalized spacial score (nSPS) is 11.3. The molecule has 0 saturated heterocycles. The van der Waals surface area contributed by atoms with E-state index in [0.29, 0.717) is 0 Å². The van der Waals surface area contributed by atoms with Crippen LogP contribution < -0.4 is 11.1 Å². The lowest BCUT2D eigenvalue weighted by Crippen LogP contribution is -2.22. The molecule has 3 N–H and O–H groups in total. The highest BCUT2D eigenvalue weighted by molar-refractivity contribution is 6.07. The lowest BCUT2D eigenvalue weighted by Gasteiger charge is -2.18. The molecule has 0 spiro atoms. The number of halogens is 2. The van der Waals surface area contributed by atoms with Crippen molar-refractivity contribution in [1.29, 1.82) is 0 Å². The number of primary amides is 1. The number of aromatic nitrogens is 3. The second-order valence-electron chi connectivity index (χ2n) is 7.36. The highest BCUT2D eigenvalue weighted by Crippen LogP contribution is 2.28. The molecule has 0 aliphatic rings. The molecule has 0 saturated carbocycles. The van der Waals surface area contributed by atoms with Crippen molar-refractivity contribution in [3.63, 3.8) is 0 Å². The molecule has 0 atom stereocenters. The van der Waals surface area contributed by atoms with E-state index in [9.17, 15) is 18.4 Å². The first kappa shape index (κ1) is 20.1.